The Balaban J connectivity index is 0. The van der Waals surface area contributed by atoms with E-state index >= 15 is 0 Å². The molecule has 0 aromatic heterocycles. The molecular formula is C10H13F3MgSi. The van der Waals surface area contributed by atoms with Crippen molar-refractivity contribution < 1.29 is 13.2 Å². The molecule has 0 radical (unpaired) electrons. The normalized spacial score (nSPS) is 9.93. The molecule has 0 saturated carbocycles. The number of hydrogen-bond donors (Lipinski definition) is 0. The van der Waals surface area contributed by atoms with Crippen LogP contribution in [-0.4, -0.2) is 31.8 Å². The molecule has 0 aliphatic heterocycles. The van der Waals surface area contributed by atoms with Gasteiger partial charge in [-0.1, -0.05) is 24.3 Å². The van der Waals surface area contributed by atoms with Crippen LogP contribution in [0.3, 0.4) is 0 Å². The Morgan fingerprint density at radius 1 is 1.00 bits per heavy atom. The minimum Gasteiger partial charge on any atom is -0.358 e. The van der Waals surface area contributed by atoms with Crippen LogP contribution in [0.2, 0.25) is 13.1 Å². The Labute approximate surface area is 107 Å². The van der Waals surface area contributed by atoms with E-state index in [2.05, 4.69) is 0 Å². The molecule has 0 unspecified atom stereocenters. The van der Waals surface area contributed by atoms with Crippen LogP contribution < -0.4 is 5.19 Å². The Morgan fingerprint density at radius 3 is 1.67 bits per heavy atom. The molecule has 0 aliphatic rings. The van der Waals surface area contributed by atoms with E-state index in [0.29, 0.717) is 0 Å². The Kier molecular flexibility index (Phi) is 7.59. The van der Waals surface area contributed by atoms with Gasteiger partial charge in [0.25, 0.3) is 0 Å². The van der Waals surface area contributed by atoms with Crippen molar-refractivity contribution in [2.24, 2.45) is 0 Å². The zero-order chi connectivity index (χ0) is 10.1. The first kappa shape index (κ1) is 17.4. The first-order valence-corrected chi connectivity index (χ1v) is 6.39. The van der Waals surface area contributed by atoms with Gasteiger partial charge in [0.2, 0.25) is 0 Å². The molecule has 0 amide bonds. The molecule has 0 saturated heterocycles. The second-order valence-electron chi connectivity index (χ2n) is 3.08. The molecule has 1 rings (SSSR count). The summed E-state index contributed by atoms with van der Waals surface area (Å²) in [5.41, 5.74) is -0.570. The standard InChI is InChI=1S/C9H10F3Si.CH3.Mg/c1-13(2)8-5-3-7(4-6-8)9(10,11)12;;/h3-6H,1-2H3;1H3;/q2*-1;+2. The molecule has 0 nitrogen and oxygen atoms in total. The van der Waals surface area contributed by atoms with Crippen LogP contribution in [0, 0.1) is 7.43 Å². The monoisotopic (exact) mass is 242 g/mol. The molecule has 1 aromatic carbocycles. The molecule has 80 valence electrons. The Hall–Kier alpha value is -0.00688. The maximum atomic E-state index is 12.1. The van der Waals surface area contributed by atoms with Gasteiger partial charge in [0.15, 0.2) is 0 Å². The molecule has 5 heteroatoms. The van der Waals surface area contributed by atoms with Crippen LogP contribution in [0.1, 0.15) is 5.56 Å². The fraction of sp³-hybridized carbons (Fsp3) is 0.300. The Bertz CT molecular complexity index is 280. The maximum absolute atomic E-state index is 12.1. The van der Waals surface area contributed by atoms with Crippen LogP contribution in [-0.2, 0) is 6.18 Å². The topological polar surface area (TPSA) is 0 Å². The minimum absolute atomic E-state index is 0. The van der Waals surface area contributed by atoms with Crippen molar-refractivity contribution in [1.82, 2.24) is 0 Å². The summed E-state index contributed by atoms with van der Waals surface area (Å²) in [5.74, 6) is 0. The number of rotatable bonds is 1. The van der Waals surface area contributed by atoms with Crippen molar-refractivity contribution in [3.05, 3.63) is 37.3 Å². The molecule has 1 aromatic rings. The average molecular weight is 243 g/mol. The second kappa shape index (κ2) is 6.55. The molecule has 0 spiro atoms. The van der Waals surface area contributed by atoms with Crippen molar-refractivity contribution in [3.8, 4) is 0 Å². The SMILES string of the molecule is C[Si-](C)c1ccc(C(F)(F)F)cc1.[CH3-].[Mg+2]. The molecule has 0 N–H and O–H groups in total. The van der Waals surface area contributed by atoms with Crippen molar-refractivity contribution >= 4 is 37.0 Å². The third-order valence-corrected chi connectivity index (χ3v) is 3.28. The van der Waals surface area contributed by atoms with Gasteiger partial charge in [-0.05, 0) is 0 Å². The van der Waals surface area contributed by atoms with Crippen LogP contribution in [0.15, 0.2) is 24.3 Å². The zero-order valence-electron chi connectivity index (χ0n) is 9.15. The molecule has 0 heterocycles. The second-order valence-corrected chi connectivity index (χ2v) is 5.65. The molecular weight excluding hydrogens is 229 g/mol. The van der Waals surface area contributed by atoms with E-state index in [1.807, 2.05) is 13.1 Å². The number of hydrogen-bond acceptors (Lipinski definition) is 0. The van der Waals surface area contributed by atoms with Gasteiger partial charge in [0.05, 0.1) is 5.56 Å². The summed E-state index contributed by atoms with van der Waals surface area (Å²) in [5, 5.41) is 1.03. The fourth-order valence-electron chi connectivity index (χ4n) is 0.993. The van der Waals surface area contributed by atoms with Gasteiger partial charge in [-0.25, -0.2) is 0 Å². The molecule has 15 heavy (non-hydrogen) atoms. The van der Waals surface area contributed by atoms with Gasteiger partial charge in [0, 0.05) is 0 Å². The first-order valence-electron chi connectivity index (χ1n) is 3.89. The van der Waals surface area contributed by atoms with Gasteiger partial charge < -0.3 is 7.43 Å². The predicted molar refractivity (Wildman–Crippen MR) is 60.7 cm³/mol. The zero-order valence-corrected chi connectivity index (χ0v) is 11.6. The molecule has 0 fully saturated rings. The van der Waals surface area contributed by atoms with Gasteiger partial charge in [-0.3, -0.25) is 8.80 Å². The van der Waals surface area contributed by atoms with Crippen LogP contribution >= 0.6 is 0 Å². The summed E-state index contributed by atoms with van der Waals surface area (Å²) in [6.07, 6.45) is -4.22. The van der Waals surface area contributed by atoms with Crippen molar-refractivity contribution in [1.29, 1.82) is 0 Å². The summed E-state index contributed by atoms with van der Waals surface area (Å²) in [6, 6.07) is 5.42. The first-order chi connectivity index (χ1) is 5.91. The average Bonchev–Trinajstić information content (AvgIpc) is 2.03. The summed E-state index contributed by atoms with van der Waals surface area (Å²) in [4.78, 5) is 0. The van der Waals surface area contributed by atoms with Crippen molar-refractivity contribution in [2.75, 3.05) is 0 Å². The molecule has 0 atom stereocenters. The van der Waals surface area contributed by atoms with E-state index in [1.54, 1.807) is 12.1 Å². The summed E-state index contributed by atoms with van der Waals surface area (Å²) < 4.78 is 36.4. The van der Waals surface area contributed by atoms with Crippen LogP contribution in [0.25, 0.3) is 0 Å². The van der Waals surface area contributed by atoms with E-state index in [1.165, 1.54) is 0 Å². The fourth-order valence-corrected chi connectivity index (χ4v) is 1.83. The van der Waals surface area contributed by atoms with Crippen molar-refractivity contribution in [3.63, 3.8) is 0 Å². The summed E-state index contributed by atoms with van der Waals surface area (Å²) in [6.45, 7) is 4.10. The van der Waals surface area contributed by atoms with Crippen molar-refractivity contribution in [2.45, 2.75) is 19.3 Å². The Morgan fingerprint density at radius 2 is 1.40 bits per heavy atom. The van der Waals surface area contributed by atoms with Crippen LogP contribution in [0.5, 0.6) is 0 Å². The molecule has 0 bridgehead atoms. The van der Waals surface area contributed by atoms with E-state index in [4.69, 9.17) is 0 Å². The van der Waals surface area contributed by atoms with E-state index in [-0.39, 0.29) is 30.5 Å². The van der Waals surface area contributed by atoms with E-state index in [0.717, 1.165) is 17.3 Å². The summed E-state index contributed by atoms with van der Waals surface area (Å²) >= 11 is 0. The third-order valence-electron chi connectivity index (χ3n) is 1.79. The largest absolute Gasteiger partial charge is 2.00 e. The predicted octanol–water partition coefficient (Wildman–Crippen LogP) is 2.74. The van der Waals surface area contributed by atoms with Gasteiger partial charge >= 0.3 is 29.2 Å². The van der Waals surface area contributed by atoms with Crippen LogP contribution in [0.4, 0.5) is 13.2 Å². The quantitative estimate of drug-likeness (QED) is 0.525. The van der Waals surface area contributed by atoms with E-state index < -0.39 is 20.5 Å². The third kappa shape index (κ3) is 5.04. The maximum Gasteiger partial charge on any atom is 2.00 e. The number of benzene rings is 1. The van der Waals surface area contributed by atoms with E-state index in [9.17, 15) is 13.2 Å². The van der Waals surface area contributed by atoms with Gasteiger partial charge in [-0.15, -0.1) is 0 Å². The number of halogens is 3. The van der Waals surface area contributed by atoms with Gasteiger partial charge in [-0.2, -0.15) is 31.5 Å². The summed E-state index contributed by atoms with van der Waals surface area (Å²) in [7, 11) is -0.641. The number of alkyl halides is 3. The smallest absolute Gasteiger partial charge is 0.358 e. The minimum atomic E-state index is -4.22. The molecule has 0 aliphatic carbocycles. The van der Waals surface area contributed by atoms with Gasteiger partial charge in [0.1, 0.15) is 0 Å².